The van der Waals surface area contributed by atoms with Gasteiger partial charge in [0.1, 0.15) is 5.75 Å². The van der Waals surface area contributed by atoms with Crippen LogP contribution in [-0.2, 0) is 27.7 Å². The molecule has 0 radical (unpaired) electrons. The normalized spacial score (nSPS) is 24.8. The fourth-order valence-electron chi connectivity index (χ4n) is 5.24. The first-order valence-electron chi connectivity index (χ1n) is 11.1. The third kappa shape index (κ3) is 4.70. The van der Waals surface area contributed by atoms with Crippen molar-refractivity contribution in [1.82, 2.24) is 4.31 Å². The zero-order valence-corrected chi connectivity index (χ0v) is 20.1. The Morgan fingerprint density at radius 3 is 2.29 bits per heavy atom. The Morgan fingerprint density at radius 1 is 1.03 bits per heavy atom. The van der Waals surface area contributed by atoms with E-state index in [0.29, 0.717) is 42.3 Å². The van der Waals surface area contributed by atoms with Crippen molar-refractivity contribution in [2.45, 2.75) is 36.2 Å². The number of carboxylic acid groups (broad SMARTS) is 1. The second-order valence-corrected chi connectivity index (χ2v) is 11.9. The van der Waals surface area contributed by atoms with Crippen LogP contribution in [-0.4, -0.2) is 66.8 Å². The molecule has 188 valence electrons. The molecule has 7 nitrogen and oxygen atoms in total. The van der Waals surface area contributed by atoms with Gasteiger partial charge < -0.3 is 14.7 Å². The number of alkyl halides is 3. The number of anilines is 1. The summed E-state index contributed by atoms with van der Waals surface area (Å²) in [5.41, 5.74) is 2.05. The summed E-state index contributed by atoms with van der Waals surface area (Å²) < 4.78 is 70.7. The highest BCUT2D eigenvalue weighted by molar-refractivity contribution is 7.99. The van der Waals surface area contributed by atoms with Crippen LogP contribution in [0.3, 0.4) is 0 Å². The molecule has 0 saturated carbocycles. The van der Waals surface area contributed by atoms with E-state index in [-0.39, 0.29) is 29.1 Å². The number of thioether (sulfide) groups is 1. The minimum absolute atomic E-state index is 0.183. The van der Waals surface area contributed by atoms with Crippen molar-refractivity contribution in [3.8, 4) is 5.75 Å². The minimum atomic E-state index is -4.77. The number of benzene rings is 2. The predicted octanol–water partition coefficient (Wildman–Crippen LogP) is 3.38. The van der Waals surface area contributed by atoms with Gasteiger partial charge in [0.05, 0.1) is 22.9 Å². The van der Waals surface area contributed by atoms with Crippen LogP contribution >= 0.6 is 11.8 Å². The molecule has 2 saturated heterocycles. The molecule has 0 aromatic heterocycles. The third-order valence-electron chi connectivity index (χ3n) is 6.69. The molecular formula is C23H23F3N2O5S2. The van der Waals surface area contributed by atoms with E-state index in [1.807, 2.05) is 4.90 Å². The molecule has 2 fully saturated rings. The van der Waals surface area contributed by atoms with E-state index < -0.39 is 28.3 Å². The van der Waals surface area contributed by atoms with E-state index in [1.165, 1.54) is 12.1 Å². The van der Waals surface area contributed by atoms with Crippen LogP contribution in [0.15, 0.2) is 47.4 Å². The number of rotatable bonds is 5. The summed E-state index contributed by atoms with van der Waals surface area (Å²) in [6, 6.07) is 9.97. The lowest BCUT2D eigenvalue weighted by atomic mass is 10.1. The number of ether oxygens (including phenoxy) is 1. The topological polar surface area (TPSA) is 87.1 Å². The maximum Gasteiger partial charge on any atom is 0.573 e. The molecule has 3 aliphatic rings. The Kier molecular flexibility index (Phi) is 6.17. The van der Waals surface area contributed by atoms with Gasteiger partial charge in [-0.05, 0) is 54.3 Å². The molecule has 3 unspecified atom stereocenters. The molecule has 2 aliphatic heterocycles. The SMILES string of the molecule is O=C(O)C1Cc2cccc(S(=O)(=O)N3C4CSCC3CN(c3ccc(OC(F)(F)F)cc3)C4)c2C1. The molecule has 2 heterocycles. The first kappa shape index (κ1) is 24.3. The third-order valence-corrected chi connectivity index (χ3v) is 10.0. The van der Waals surface area contributed by atoms with Crippen LogP contribution in [0, 0.1) is 5.92 Å². The second-order valence-electron chi connectivity index (χ2n) is 8.96. The number of sulfonamides is 1. The second kappa shape index (κ2) is 8.90. The van der Waals surface area contributed by atoms with Gasteiger partial charge in [-0.2, -0.15) is 16.1 Å². The summed E-state index contributed by atoms with van der Waals surface area (Å²) in [6.07, 6.45) is -4.26. The molecule has 35 heavy (non-hydrogen) atoms. The number of fused-ring (bicyclic) bond motifs is 3. The van der Waals surface area contributed by atoms with Gasteiger partial charge in [-0.15, -0.1) is 13.2 Å². The van der Waals surface area contributed by atoms with Crippen LogP contribution < -0.4 is 9.64 Å². The predicted molar refractivity (Wildman–Crippen MR) is 124 cm³/mol. The smallest absolute Gasteiger partial charge is 0.481 e. The lowest BCUT2D eigenvalue weighted by molar-refractivity contribution is -0.274. The summed E-state index contributed by atoms with van der Waals surface area (Å²) in [5.74, 6) is -0.686. The van der Waals surface area contributed by atoms with Gasteiger partial charge in [-0.25, -0.2) is 8.42 Å². The molecule has 12 heteroatoms. The van der Waals surface area contributed by atoms with Gasteiger partial charge in [-0.1, -0.05) is 12.1 Å². The monoisotopic (exact) mass is 528 g/mol. The molecule has 2 aromatic rings. The van der Waals surface area contributed by atoms with Crippen LogP contribution in [0.5, 0.6) is 5.75 Å². The molecule has 5 rings (SSSR count). The molecule has 0 spiro atoms. The van der Waals surface area contributed by atoms with Gasteiger partial charge in [0, 0.05) is 30.3 Å². The number of aliphatic carboxylic acids is 1. The number of halogens is 3. The van der Waals surface area contributed by atoms with Gasteiger partial charge in [-0.3, -0.25) is 4.79 Å². The Morgan fingerprint density at radius 2 is 1.69 bits per heavy atom. The van der Waals surface area contributed by atoms with Crippen molar-refractivity contribution >= 4 is 33.4 Å². The summed E-state index contributed by atoms with van der Waals surface area (Å²) >= 11 is 1.68. The maximum absolute atomic E-state index is 13.9. The summed E-state index contributed by atoms with van der Waals surface area (Å²) in [7, 11) is -3.87. The summed E-state index contributed by atoms with van der Waals surface area (Å²) in [5, 5.41) is 9.44. The Labute approximate surface area is 204 Å². The van der Waals surface area contributed by atoms with Gasteiger partial charge in [0.15, 0.2) is 0 Å². The Hall–Kier alpha value is -2.44. The summed E-state index contributed by atoms with van der Waals surface area (Å²) in [6.45, 7) is 0.796. The van der Waals surface area contributed by atoms with E-state index in [2.05, 4.69) is 4.74 Å². The number of hydrogen-bond donors (Lipinski definition) is 1. The maximum atomic E-state index is 13.9. The molecule has 1 aliphatic carbocycles. The first-order valence-corrected chi connectivity index (χ1v) is 13.7. The molecule has 0 amide bonds. The van der Waals surface area contributed by atoms with Crippen LogP contribution in [0.2, 0.25) is 0 Å². The highest BCUT2D eigenvalue weighted by atomic mass is 32.2. The first-order chi connectivity index (χ1) is 16.5. The van der Waals surface area contributed by atoms with E-state index >= 15 is 0 Å². The van der Waals surface area contributed by atoms with E-state index in [1.54, 1.807) is 46.4 Å². The number of hydrogen-bond acceptors (Lipinski definition) is 6. The van der Waals surface area contributed by atoms with Gasteiger partial charge in [0.25, 0.3) is 0 Å². The number of piperazine rings is 1. The van der Waals surface area contributed by atoms with Gasteiger partial charge >= 0.3 is 12.3 Å². The van der Waals surface area contributed by atoms with Crippen molar-refractivity contribution in [3.63, 3.8) is 0 Å². The molecular weight excluding hydrogens is 505 g/mol. The zero-order valence-electron chi connectivity index (χ0n) is 18.4. The van der Waals surface area contributed by atoms with Gasteiger partial charge in [0.2, 0.25) is 10.0 Å². The molecule has 2 bridgehead atoms. The van der Waals surface area contributed by atoms with Crippen LogP contribution in [0.25, 0.3) is 0 Å². The lowest BCUT2D eigenvalue weighted by Gasteiger charge is -2.49. The largest absolute Gasteiger partial charge is 0.573 e. The molecule has 3 atom stereocenters. The average Bonchev–Trinajstić information content (AvgIpc) is 3.22. The van der Waals surface area contributed by atoms with Crippen molar-refractivity contribution in [2.75, 3.05) is 29.5 Å². The van der Waals surface area contributed by atoms with Crippen molar-refractivity contribution in [2.24, 2.45) is 5.92 Å². The van der Waals surface area contributed by atoms with Crippen molar-refractivity contribution in [3.05, 3.63) is 53.6 Å². The Bertz CT molecular complexity index is 1220. The van der Waals surface area contributed by atoms with E-state index in [9.17, 15) is 31.5 Å². The van der Waals surface area contributed by atoms with Crippen molar-refractivity contribution in [1.29, 1.82) is 0 Å². The number of carbonyl (C=O) groups is 1. The Balaban J connectivity index is 1.39. The van der Waals surface area contributed by atoms with E-state index in [0.717, 1.165) is 5.56 Å². The quantitative estimate of drug-likeness (QED) is 0.637. The number of nitrogens with zero attached hydrogens (tertiary/aromatic N) is 2. The van der Waals surface area contributed by atoms with Crippen molar-refractivity contribution < 1.29 is 36.2 Å². The fraction of sp³-hybridized carbons (Fsp3) is 0.435. The molecule has 1 N–H and O–H groups in total. The molecule has 2 aromatic carbocycles. The summed E-state index contributed by atoms with van der Waals surface area (Å²) in [4.78, 5) is 13.7. The average molecular weight is 529 g/mol. The highest BCUT2D eigenvalue weighted by Gasteiger charge is 2.46. The standard InChI is InChI=1S/C23H23F3N2O5S2/c24-23(25,26)33-19-6-4-16(5-7-19)27-10-17-12-34-13-18(11-27)28(17)35(31,32)21-3-1-2-14-8-15(22(29)30)9-20(14)21/h1-7,15,17-18H,8-13H2,(H,29,30). The minimum Gasteiger partial charge on any atom is -0.481 e. The van der Waals surface area contributed by atoms with Crippen LogP contribution in [0.4, 0.5) is 18.9 Å². The number of carboxylic acids is 1. The van der Waals surface area contributed by atoms with Crippen LogP contribution in [0.1, 0.15) is 11.1 Å². The fourth-order valence-corrected chi connectivity index (χ4v) is 8.72. The zero-order chi connectivity index (χ0) is 25.0. The van der Waals surface area contributed by atoms with E-state index in [4.69, 9.17) is 0 Å². The highest BCUT2D eigenvalue weighted by Crippen LogP contribution is 2.39. The lowest BCUT2D eigenvalue weighted by Crippen LogP contribution is -2.64.